The second-order valence-corrected chi connectivity index (χ2v) is 7.40. The maximum Gasteiger partial charge on any atom is 0.290 e. The van der Waals surface area contributed by atoms with Crippen molar-refractivity contribution in [2.75, 3.05) is 13.1 Å². The summed E-state index contributed by atoms with van der Waals surface area (Å²) in [6.45, 7) is 2.03. The number of carbonyl (C=O) groups excluding carboxylic acids is 2. The predicted octanol–water partition coefficient (Wildman–Crippen LogP) is 1.76. The molecule has 0 aliphatic carbocycles. The highest BCUT2D eigenvalue weighted by atomic mass is 16.3. The number of H-pyrrole nitrogens is 1. The summed E-state index contributed by atoms with van der Waals surface area (Å²) < 4.78 is 0. The molecule has 1 aromatic heterocycles. The van der Waals surface area contributed by atoms with E-state index in [1.54, 1.807) is 29.2 Å². The monoisotopic (exact) mass is 436 g/mol. The van der Waals surface area contributed by atoms with Crippen molar-refractivity contribution in [1.82, 2.24) is 20.2 Å². The Hall–Kier alpha value is -4.01. The molecule has 1 saturated heterocycles. The van der Waals surface area contributed by atoms with Crippen LogP contribution in [0.4, 0.5) is 0 Å². The van der Waals surface area contributed by atoms with Gasteiger partial charge in [0.1, 0.15) is 0 Å². The van der Waals surface area contributed by atoms with E-state index in [-0.39, 0.29) is 30.0 Å². The minimum absolute atomic E-state index is 0.104. The van der Waals surface area contributed by atoms with Crippen LogP contribution in [0.5, 0.6) is 0 Å². The standard InChI is InChI=1S/C22H22N4O3.CH2O2/c1-14(27)23-19-13-26(12-11-16(19)15-7-3-2-4-8-15)22(29)20-21(28)25-18-10-6-5-9-17(18)24-20;2-1-3/h2-10,16,19H,11-13H2,1H3,(H,23,27)(H,25,28);1H,(H,2,3)/t16-,19-;/m0./s1. The Bertz CT molecular complexity index is 1160. The number of fused-ring (bicyclic) bond motifs is 1. The van der Waals surface area contributed by atoms with Crippen molar-refractivity contribution in [3.05, 3.63) is 76.2 Å². The lowest BCUT2D eigenvalue weighted by atomic mass is 9.85. The maximum atomic E-state index is 13.1. The Morgan fingerprint density at radius 3 is 2.50 bits per heavy atom. The molecule has 4 rings (SSSR count). The van der Waals surface area contributed by atoms with Crippen LogP contribution in [0.1, 0.15) is 35.3 Å². The zero-order valence-electron chi connectivity index (χ0n) is 17.5. The first-order chi connectivity index (χ1) is 15.4. The highest BCUT2D eigenvalue weighted by Gasteiger charge is 2.34. The summed E-state index contributed by atoms with van der Waals surface area (Å²) in [5.41, 5.74) is 1.65. The molecule has 3 N–H and O–H groups in total. The number of amides is 2. The number of para-hydroxylation sites is 2. The van der Waals surface area contributed by atoms with Gasteiger partial charge in [0.2, 0.25) is 5.91 Å². The number of carboxylic acid groups (broad SMARTS) is 1. The summed E-state index contributed by atoms with van der Waals surface area (Å²) in [4.78, 5) is 54.2. The third-order valence-corrected chi connectivity index (χ3v) is 5.32. The number of nitrogens with one attached hydrogen (secondary N) is 2. The number of likely N-dealkylation sites (tertiary alicyclic amines) is 1. The molecule has 166 valence electrons. The molecule has 1 aliphatic rings. The van der Waals surface area contributed by atoms with Gasteiger partial charge in [-0.3, -0.25) is 19.2 Å². The van der Waals surface area contributed by atoms with Gasteiger partial charge in [0, 0.05) is 25.9 Å². The van der Waals surface area contributed by atoms with E-state index < -0.39 is 11.5 Å². The first kappa shape index (κ1) is 22.7. The summed E-state index contributed by atoms with van der Waals surface area (Å²) in [5.74, 6) is -0.460. The molecular weight excluding hydrogens is 412 g/mol. The minimum atomic E-state index is -0.505. The summed E-state index contributed by atoms with van der Waals surface area (Å²) in [5, 5.41) is 9.86. The zero-order valence-corrected chi connectivity index (χ0v) is 17.5. The molecule has 1 aliphatic heterocycles. The first-order valence-electron chi connectivity index (χ1n) is 10.1. The average molecular weight is 436 g/mol. The Morgan fingerprint density at radius 1 is 1.16 bits per heavy atom. The van der Waals surface area contributed by atoms with Gasteiger partial charge in [0.25, 0.3) is 17.9 Å². The molecule has 0 bridgehead atoms. The molecule has 0 saturated carbocycles. The summed E-state index contributed by atoms with van der Waals surface area (Å²) >= 11 is 0. The number of aromatic amines is 1. The second-order valence-electron chi connectivity index (χ2n) is 7.40. The van der Waals surface area contributed by atoms with Crippen molar-refractivity contribution < 1.29 is 19.5 Å². The number of benzene rings is 2. The minimum Gasteiger partial charge on any atom is -0.483 e. The fourth-order valence-electron chi connectivity index (χ4n) is 3.97. The molecule has 1 fully saturated rings. The van der Waals surface area contributed by atoms with E-state index in [1.807, 2.05) is 30.3 Å². The van der Waals surface area contributed by atoms with Crippen LogP contribution < -0.4 is 10.9 Å². The van der Waals surface area contributed by atoms with E-state index in [0.29, 0.717) is 30.5 Å². The molecule has 0 spiro atoms. The lowest BCUT2D eigenvalue weighted by Gasteiger charge is -2.39. The molecule has 3 aromatic rings. The van der Waals surface area contributed by atoms with Crippen molar-refractivity contribution in [2.24, 2.45) is 0 Å². The van der Waals surface area contributed by atoms with Crippen molar-refractivity contribution in [3.8, 4) is 0 Å². The van der Waals surface area contributed by atoms with Crippen molar-refractivity contribution in [2.45, 2.75) is 25.3 Å². The van der Waals surface area contributed by atoms with Gasteiger partial charge in [0.15, 0.2) is 5.69 Å². The van der Waals surface area contributed by atoms with Crippen molar-refractivity contribution in [1.29, 1.82) is 0 Å². The highest BCUT2D eigenvalue weighted by Crippen LogP contribution is 2.29. The van der Waals surface area contributed by atoms with Gasteiger partial charge in [-0.05, 0) is 24.1 Å². The Balaban J connectivity index is 0.000000913. The van der Waals surface area contributed by atoms with Crippen LogP contribution in [-0.4, -0.2) is 57.4 Å². The van der Waals surface area contributed by atoms with Crippen molar-refractivity contribution in [3.63, 3.8) is 0 Å². The summed E-state index contributed by atoms with van der Waals surface area (Å²) in [6, 6.07) is 16.8. The van der Waals surface area contributed by atoms with Crippen LogP contribution in [0.25, 0.3) is 11.0 Å². The van der Waals surface area contributed by atoms with E-state index in [9.17, 15) is 14.4 Å². The molecule has 0 unspecified atom stereocenters. The van der Waals surface area contributed by atoms with Gasteiger partial charge in [-0.1, -0.05) is 42.5 Å². The normalized spacial score (nSPS) is 17.7. The lowest BCUT2D eigenvalue weighted by Crippen LogP contribution is -2.53. The largest absolute Gasteiger partial charge is 0.483 e. The molecule has 32 heavy (non-hydrogen) atoms. The van der Waals surface area contributed by atoms with Gasteiger partial charge < -0.3 is 20.3 Å². The number of rotatable bonds is 3. The van der Waals surface area contributed by atoms with E-state index in [0.717, 1.165) is 5.56 Å². The smallest absolute Gasteiger partial charge is 0.290 e. The van der Waals surface area contributed by atoms with Crippen LogP contribution in [0.3, 0.4) is 0 Å². The number of piperidine rings is 1. The third kappa shape index (κ3) is 5.18. The number of nitrogens with zero attached hydrogens (tertiary/aromatic N) is 2. The number of carbonyl (C=O) groups is 3. The summed E-state index contributed by atoms with van der Waals surface area (Å²) in [7, 11) is 0. The van der Waals surface area contributed by atoms with Gasteiger partial charge in [-0.25, -0.2) is 4.98 Å². The Kier molecular flexibility index (Phi) is 7.33. The van der Waals surface area contributed by atoms with Crippen molar-refractivity contribution >= 4 is 29.3 Å². The van der Waals surface area contributed by atoms with E-state index in [1.165, 1.54) is 6.92 Å². The number of hydrogen-bond donors (Lipinski definition) is 3. The van der Waals surface area contributed by atoms with Crippen LogP contribution in [0.2, 0.25) is 0 Å². The van der Waals surface area contributed by atoms with Gasteiger partial charge in [0.05, 0.1) is 17.1 Å². The molecule has 2 aromatic carbocycles. The molecule has 2 heterocycles. The van der Waals surface area contributed by atoms with E-state index in [4.69, 9.17) is 9.90 Å². The zero-order chi connectivity index (χ0) is 23.1. The number of hydrogen-bond acceptors (Lipinski definition) is 5. The lowest BCUT2D eigenvalue weighted by molar-refractivity contribution is -0.123. The molecule has 9 heteroatoms. The SMILES string of the molecule is CC(=O)N[C@H]1CN(C(=O)c2nc3ccccc3[nH]c2=O)CC[C@H]1c1ccccc1.O=CO. The van der Waals surface area contributed by atoms with E-state index >= 15 is 0 Å². The topological polar surface area (TPSA) is 132 Å². The van der Waals surface area contributed by atoms with Gasteiger partial charge in [-0.15, -0.1) is 0 Å². The second kappa shape index (κ2) is 10.3. The highest BCUT2D eigenvalue weighted by molar-refractivity contribution is 5.94. The van der Waals surface area contributed by atoms with Crippen LogP contribution in [0, 0.1) is 0 Å². The Labute approximate surface area is 184 Å². The molecule has 9 nitrogen and oxygen atoms in total. The van der Waals surface area contributed by atoms with Gasteiger partial charge in [-0.2, -0.15) is 0 Å². The van der Waals surface area contributed by atoms with Crippen LogP contribution >= 0.6 is 0 Å². The maximum absolute atomic E-state index is 13.1. The van der Waals surface area contributed by atoms with Crippen LogP contribution in [0.15, 0.2) is 59.4 Å². The van der Waals surface area contributed by atoms with Gasteiger partial charge >= 0.3 is 0 Å². The van der Waals surface area contributed by atoms with E-state index in [2.05, 4.69) is 15.3 Å². The molecular formula is C23H24N4O5. The third-order valence-electron chi connectivity index (χ3n) is 5.32. The predicted molar refractivity (Wildman–Crippen MR) is 118 cm³/mol. The molecule has 2 atom stereocenters. The van der Waals surface area contributed by atoms with Crippen LogP contribution in [-0.2, 0) is 9.59 Å². The fourth-order valence-corrected chi connectivity index (χ4v) is 3.97. The first-order valence-corrected chi connectivity index (χ1v) is 10.1. The number of aromatic nitrogens is 2. The fraction of sp³-hybridized carbons (Fsp3) is 0.261. The Morgan fingerprint density at radius 2 is 1.81 bits per heavy atom. The summed E-state index contributed by atoms with van der Waals surface area (Å²) in [6.07, 6.45) is 0.687. The average Bonchev–Trinajstić information content (AvgIpc) is 2.79. The quantitative estimate of drug-likeness (QED) is 0.536. The molecule has 2 amide bonds. The molecule has 0 radical (unpaired) electrons.